The molecule has 2 aliphatic carbocycles. The normalized spacial score (nSPS) is 15.4. The summed E-state index contributed by atoms with van der Waals surface area (Å²) in [7, 11) is 0. The Kier molecular flexibility index (Phi) is 8.95. The highest BCUT2D eigenvalue weighted by molar-refractivity contribution is 6.03. The molecule has 0 aromatic heterocycles. The monoisotopic (exact) mass is 797 g/mol. The third kappa shape index (κ3) is 5.98. The highest BCUT2D eigenvalue weighted by atomic mass is 15.1. The van der Waals surface area contributed by atoms with Crippen LogP contribution in [0.2, 0.25) is 0 Å². The summed E-state index contributed by atoms with van der Waals surface area (Å²) in [4.78, 5) is 2.55. The van der Waals surface area contributed by atoms with Gasteiger partial charge in [0.2, 0.25) is 0 Å². The predicted octanol–water partition coefficient (Wildman–Crippen LogP) is 16.4. The van der Waals surface area contributed by atoms with E-state index in [2.05, 4.69) is 245 Å². The van der Waals surface area contributed by atoms with Crippen LogP contribution >= 0.6 is 0 Å². The van der Waals surface area contributed by atoms with E-state index >= 15 is 0 Å². The van der Waals surface area contributed by atoms with Crippen molar-refractivity contribution in [1.29, 1.82) is 0 Å². The summed E-state index contributed by atoms with van der Waals surface area (Å²) in [6.45, 7) is 9.73. The smallest absolute Gasteiger partial charge is 0.0714 e. The lowest BCUT2D eigenvalue weighted by Crippen LogP contribution is -2.33. The van der Waals surface area contributed by atoms with Crippen LogP contribution in [0.1, 0.15) is 73.9 Å². The first kappa shape index (κ1) is 38.0. The fourth-order valence-corrected chi connectivity index (χ4v) is 10.9. The number of fused-ring (bicyclic) bond motifs is 5. The van der Waals surface area contributed by atoms with Gasteiger partial charge in [0.1, 0.15) is 0 Å². The third-order valence-electron chi connectivity index (χ3n) is 14.2. The van der Waals surface area contributed by atoms with Gasteiger partial charge in [-0.2, -0.15) is 0 Å². The minimum atomic E-state index is -0.550. The Bertz CT molecular complexity index is 3060. The molecule has 0 amide bonds. The van der Waals surface area contributed by atoms with Gasteiger partial charge in [-0.05, 0) is 121 Å². The number of hydrogen-bond acceptors (Lipinski definition) is 1. The largest absolute Gasteiger partial charge is 0.309 e. The zero-order chi connectivity index (χ0) is 42.1. The lowest BCUT2D eigenvalue weighted by Gasteiger charge is -2.42. The van der Waals surface area contributed by atoms with Gasteiger partial charge < -0.3 is 4.90 Å². The molecule has 0 fully saturated rings. The molecule has 0 N–H and O–H groups in total. The topological polar surface area (TPSA) is 3.24 Å². The Morgan fingerprint density at radius 2 is 0.919 bits per heavy atom. The molecular weight excluding hydrogens is 747 g/mol. The summed E-state index contributed by atoms with van der Waals surface area (Å²) >= 11 is 0. The molecule has 9 aromatic carbocycles. The van der Waals surface area contributed by atoms with Gasteiger partial charge in [0.05, 0.1) is 16.8 Å². The van der Waals surface area contributed by atoms with E-state index < -0.39 is 5.41 Å². The fraction of sp³-hybridized carbons (Fsp3) is 0.148. The van der Waals surface area contributed by atoms with Crippen LogP contribution in [-0.4, -0.2) is 0 Å². The zero-order valence-corrected chi connectivity index (χ0v) is 36.1. The average molecular weight is 798 g/mol. The number of anilines is 3. The van der Waals surface area contributed by atoms with E-state index in [-0.39, 0.29) is 10.8 Å². The van der Waals surface area contributed by atoms with E-state index in [4.69, 9.17) is 0 Å². The molecule has 0 bridgehead atoms. The van der Waals surface area contributed by atoms with E-state index in [9.17, 15) is 0 Å². The molecule has 0 saturated heterocycles. The lowest BCUT2D eigenvalue weighted by atomic mass is 9.63. The third-order valence-corrected chi connectivity index (χ3v) is 14.2. The maximum Gasteiger partial charge on any atom is 0.0714 e. The molecule has 2 aliphatic rings. The molecular formula is C61H51N. The zero-order valence-electron chi connectivity index (χ0n) is 36.1. The summed E-state index contributed by atoms with van der Waals surface area (Å²) in [5.74, 6) is 0. The first-order chi connectivity index (χ1) is 30.2. The van der Waals surface area contributed by atoms with Crippen LogP contribution < -0.4 is 4.90 Å². The maximum absolute atomic E-state index is 2.56. The van der Waals surface area contributed by atoms with Gasteiger partial charge in [-0.15, -0.1) is 0 Å². The van der Waals surface area contributed by atoms with Crippen LogP contribution in [0, 0.1) is 0 Å². The van der Waals surface area contributed by atoms with Crippen molar-refractivity contribution < 1.29 is 0 Å². The molecule has 11 rings (SSSR count). The van der Waals surface area contributed by atoms with Crippen LogP contribution in [0.4, 0.5) is 17.1 Å². The number of rotatable bonds is 7. The van der Waals surface area contributed by atoms with Crippen molar-refractivity contribution in [1.82, 2.24) is 0 Å². The Morgan fingerprint density at radius 3 is 1.63 bits per heavy atom. The van der Waals surface area contributed by atoms with Crippen molar-refractivity contribution in [3.63, 3.8) is 0 Å². The molecule has 1 heteroatoms. The second-order valence-electron chi connectivity index (χ2n) is 18.7. The lowest BCUT2D eigenvalue weighted by molar-refractivity contribution is 0.332. The van der Waals surface area contributed by atoms with Gasteiger partial charge in [-0.25, -0.2) is 0 Å². The first-order valence-electron chi connectivity index (χ1n) is 22.2. The molecule has 62 heavy (non-hydrogen) atoms. The van der Waals surface area contributed by atoms with Crippen molar-refractivity contribution in [2.24, 2.45) is 0 Å². The average Bonchev–Trinajstić information content (AvgIpc) is 3.61. The van der Waals surface area contributed by atoms with E-state index in [0.717, 1.165) is 23.5 Å². The number of hydrogen-bond donors (Lipinski definition) is 0. The van der Waals surface area contributed by atoms with Gasteiger partial charge in [-0.3, -0.25) is 0 Å². The molecule has 0 atom stereocenters. The minimum absolute atomic E-state index is 0.0582. The van der Waals surface area contributed by atoms with Gasteiger partial charge >= 0.3 is 0 Å². The van der Waals surface area contributed by atoms with Crippen LogP contribution in [0.3, 0.4) is 0 Å². The summed E-state index contributed by atoms with van der Waals surface area (Å²) in [5, 5.41) is 2.43. The second-order valence-corrected chi connectivity index (χ2v) is 18.7. The highest BCUT2D eigenvalue weighted by Crippen LogP contribution is 2.59. The second kappa shape index (κ2) is 14.6. The van der Waals surface area contributed by atoms with Crippen molar-refractivity contribution in [3.05, 3.63) is 246 Å². The standard InChI is InChI=1S/C61H51N/c1-59(2)37-38-60(3,4)56-39-45(33-36-54(56)59)51-40-52-50-28-16-17-29-53(50)61(46-23-10-6-11-24-46,47-25-12-7-13-26-47)55(52)41-58(51)62(57-30-18-22-44-21-14-15-27-49(44)57)48-34-31-43(32-35-48)42-19-8-5-9-20-42/h5-36,39-41H,37-38H2,1-4H3. The molecule has 1 nitrogen and oxygen atoms in total. The quantitative estimate of drug-likeness (QED) is 0.155. The fourth-order valence-electron chi connectivity index (χ4n) is 10.9. The molecule has 300 valence electrons. The summed E-state index contributed by atoms with van der Waals surface area (Å²) in [6, 6.07) is 79.5. The van der Waals surface area contributed by atoms with E-state index in [1.54, 1.807) is 0 Å². The number of nitrogens with zero attached hydrogens (tertiary/aromatic N) is 1. The first-order valence-corrected chi connectivity index (χ1v) is 22.2. The molecule has 9 aromatic rings. The van der Waals surface area contributed by atoms with Crippen molar-refractivity contribution >= 4 is 27.8 Å². The predicted molar refractivity (Wildman–Crippen MR) is 262 cm³/mol. The molecule has 0 spiro atoms. The molecule has 0 heterocycles. The highest BCUT2D eigenvalue weighted by Gasteiger charge is 2.47. The van der Waals surface area contributed by atoms with E-state index in [1.165, 1.54) is 84.0 Å². The Balaban J connectivity index is 1.27. The molecule has 0 saturated carbocycles. The van der Waals surface area contributed by atoms with E-state index in [1.807, 2.05) is 0 Å². The maximum atomic E-state index is 2.56. The van der Waals surface area contributed by atoms with Crippen molar-refractivity contribution in [3.8, 4) is 33.4 Å². The van der Waals surface area contributed by atoms with Crippen LogP contribution in [0.25, 0.3) is 44.2 Å². The summed E-state index contributed by atoms with van der Waals surface area (Å²) in [5.41, 5.74) is 18.5. The Hall–Kier alpha value is -6.96. The van der Waals surface area contributed by atoms with Crippen LogP contribution in [0.5, 0.6) is 0 Å². The van der Waals surface area contributed by atoms with Crippen molar-refractivity contribution in [2.45, 2.75) is 56.8 Å². The van der Waals surface area contributed by atoms with Crippen LogP contribution in [0.15, 0.2) is 212 Å². The number of benzene rings is 9. The van der Waals surface area contributed by atoms with Gasteiger partial charge in [-0.1, -0.05) is 210 Å². The van der Waals surface area contributed by atoms with Gasteiger partial charge in [0, 0.05) is 16.6 Å². The Labute approximate surface area is 367 Å². The SMILES string of the molecule is CC1(C)CCC(C)(C)c2cc(-c3cc4c(cc3N(c3ccc(-c5ccccc5)cc3)c3cccc5ccccc35)C(c3ccccc3)(c3ccccc3)c3ccccc3-4)ccc21. The van der Waals surface area contributed by atoms with Gasteiger partial charge in [0.15, 0.2) is 0 Å². The molecule has 0 unspecified atom stereocenters. The van der Waals surface area contributed by atoms with Gasteiger partial charge in [0.25, 0.3) is 0 Å². The summed E-state index contributed by atoms with van der Waals surface area (Å²) in [6.07, 6.45) is 2.34. The summed E-state index contributed by atoms with van der Waals surface area (Å²) < 4.78 is 0. The van der Waals surface area contributed by atoms with E-state index in [0.29, 0.717) is 0 Å². The molecule has 0 aliphatic heterocycles. The minimum Gasteiger partial charge on any atom is -0.309 e. The van der Waals surface area contributed by atoms with Crippen LogP contribution in [-0.2, 0) is 16.2 Å². The Morgan fingerprint density at radius 1 is 0.355 bits per heavy atom. The van der Waals surface area contributed by atoms with Crippen molar-refractivity contribution in [2.75, 3.05) is 4.90 Å². The molecule has 0 radical (unpaired) electrons.